The van der Waals surface area contributed by atoms with Gasteiger partial charge in [-0.3, -0.25) is 4.98 Å². The summed E-state index contributed by atoms with van der Waals surface area (Å²) in [5.41, 5.74) is 1.71. The highest BCUT2D eigenvalue weighted by Crippen LogP contribution is 2.25. The number of nitrogens with one attached hydrogen (secondary N) is 1. The number of rotatable bonds is 4. The van der Waals surface area contributed by atoms with Gasteiger partial charge in [-0.05, 0) is 25.1 Å². The van der Waals surface area contributed by atoms with E-state index in [9.17, 15) is 0 Å². The molecule has 4 rings (SSSR count). The molecule has 0 saturated carbocycles. The molecule has 0 aromatic carbocycles. The maximum absolute atomic E-state index is 6.09. The molecular formula is C15H16ClN7. The van der Waals surface area contributed by atoms with E-state index in [1.165, 1.54) is 0 Å². The molecule has 118 valence electrons. The van der Waals surface area contributed by atoms with Crippen LogP contribution in [0.2, 0.25) is 5.02 Å². The number of halogens is 1. The first-order chi connectivity index (χ1) is 11.2. The van der Waals surface area contributed by atoms with E-state index in [0.717, 1.165) is 42.6 Å². The summed E-state index contributed by atoms with van der Waals surface area (Å²) in [6.45, 7) is 4.72. The lowest BCUT2D eigenvalue weighted by molar-refractivity contribution is 0.425. The Hall–Kier alpha value is -2.41. The molecule has 3 aromatic rings. The maximum atomic E-state index is 6.09. The van der Waals surface area contributed by atoms with E-state index in [0.29, 0.717) is 10.9 Å². The molecule has 1 aliphatic rings. The van der Waals surface area contributed by atoms with Crippen LogP contribution in [0.5, 0.6) is 0 Å². The van der Waals surface area contributed by atoms with Gasteiger partial charge in [-0.25, -0.2) is 0 Å². The van der Waals surface area contributed by atoms with Gasteiger partial charge in [0.2, 0.25) is 0 Å². The molecule has 0 atom stereocenters. The van der Waals surface area contributed by atoms with E-state index >= 15 is 0 Å². The fourth-order valence-electron chi connectivity index (χ4n) is 2.71. The van der Waals surface area contributed by atoms with Crippen LogP contribution in [0, 0.1) is 12.8 Å². The SMILES string of the molecule is Cc1nnc2ccc(N3CC(CNc4ccncc4Cl)C3)nn12. The van der Waals surface area contributed by atoms with Crippen LogP contribution in [0.15, 0.2) is 30.6 Å². The van der Waals surface area contributed by atoms with E-state index in [2.05, 4.69) is 30.5 Å². The number of pyridine rings is 1. The van der Waals surface area contributed by atoms with Crippen molar-refractivity contribution in [3.05, 3.63) is 41.4 Å². The number of nitrogens with zero attached hydrogens (tertiary/aromatic N) is 6. The van der Waals surface area contributed by atoms with Gasteiger partial charge in [-0.2, -0.15) is 4.52 Å². The Morgan fingerprint density at radius 3 is 2.96 bits per heavy atom. The van der Waals surface area contributed by atoms with Crippen molar-refractivity contribution in [2.75, 3.05) is 29.9 Å². The minimum atomic E-state index is 0.568. The van der Waals surface area contributed by atoms with E-state index in [4.69, 9.17) is 11.6 Å². The van der Waals surface area contributed by atoms with Crippen LogP contribution in [-0.2, 0) is 0 Å². The number of hydrogen-bond donors (Lipinski definition) is 1. The second-order valence-electron chi connectivity index (χ2n) is 5.72. The summed E-state index contributed by atoms with van der Waals surface area (Å²) >= 11 is 6.09. The van der Waals surface area contributed by atoms with Crippen LogP contribution in [0.25, 0.3) is 5.65 Å². The molecule has 8 heteroatoms. The predicted molar refractivity (Wildman–Crippen MR) is 89.0 cm³/mol. The Bertz CT molecular complexity index is 841. The lowest BCUT2D eigenvalue weighted by atomic mass is 10.0. The third-order valence-electron chi connectivity index (χ3n) is 4.04. The van der Waals surface area contributed by atoms with Crippen molar-refractivity contribution in [2.45, 2.75) is 6.92 Å². The topological polar surface area (TPSA) is 71.2 Å². The fourth-order valence-corrected chi connectivity index (χ4v) is 2.90. The van der Waals surface area contributed by atoms with E-state index in [1.807, 2.05) is 25.1 Å². The highest BCUT2D eigenvalue weighted by atomic mass is 35.5. The smallest absolute Gasteiger partial charge is 0.178 e. The zero-order chi connectivity index (χ0) is 15.8. The summed E-state index contributed by atoms with van der Waals surface area (Å²) in [4.78, 5) is 6.23. The zero-order valence-corrected chi connectivity index (χ0v) is 13.4. The first-order valence-corrected chi connectivity index (χ1v) is 7.86. The maximum Gasteiger partial charge on any atom is 0.178 e. The van der Waals surface area contributed by atoms with Crippen molar-refractivity contribution in [1.29, 1.82) is 0 Å². The Morgan fingerprint density at radius 1 is 1.26 bits per heavy atom. The molecule has 0 unspecified atom stereocenters. The predicted octanol–water partition coefficient (Wildman–Crippen LogP) is 2.03. The normalized spacial score (nSPS) is 15.0. The minimum Gasteiger partial charge on any atom is -0.383 e. The fraction of sp³-hybridized carbons (Fsp3) is 0.333. The van der Waals surface area contributed by atoms with Crippen LogP contribution >= 0.6 is 11.6 Å². The van der Waals surface area contributed by atoms with Gasteiger partial charge in [0.15, 0.2) is 11.5 Å². The second-order valence-corrected chi connectivity index (χ2v) is 6.12. The quantitative estimate of drug-likeness (QED) is 0.789. The molecule has 1 saturated heterocycles. The highest BCUT2D eigenvalue weighted by molar-refractivity contribution is 6.33. The monoisotopic (exact) mass is 329 g/mol. The van der Waals surface area contributed by atoms with Crippen molar-refractivity contribution in [3.63, 3.8) is 0 Å². The van der Waals surface area contributed by atoms with Crippen LogP contribution in [-0.4, -0.2) is 44.4 Å². The van der Waals surface area contributed by atoms with Crippen LogP contribution < -0.4 is 10.2 Å². The third-order valence-corrected chi connectivity index (χ3v) is 4.34. The molecule has 0 radical (unpaired) electrons. The van der Waals surface area contributed by atoms with Gasteiger partial charge in [-0.1, -0.05) is 11.6 Å². The third kappa shape index (κ3) is 2.68. The molecule has 0 amide bonds. The van der Waals surface area contributed by atoms with Crippen LogP contribution in [0.3, 0.4) is 0 Å². The molecule has 0 bridgehead atoms. The number of fused-ring (bicyclic) bond motifs is 1. The summed E-state index contributed by atoms with van der Waals surface area (Å²) in [5, 5.41) is 16.7. The van der Waals surface area contributed by atoms with Crippen molar-refractivity contribution >= 4 is 28.8 Å². The molecule has 1 aliphatic heterocycles. The van der Waals surface area contributed by atoms with Gasteiger partial charge in [-0.15, -0.1) is 15.3 Å². The molecule has 7 nitrogen and oxygen atoms in total. The number of hydrogen-bond acceptors (Lipinski definition) is 6. The number of anilines is 2. The second kappa shape index (κ2) is 5.66. The molecule has 0 spiro atoms. The van der Waals surface area contributed by atoms with Crippen LogP contribution in [0.1, 0.15) is 5.82 Å². The average molecular weight is 330 g/mol. The van der Waals surface area contributed by atoms with Crippen molar-refractivity contribution in [3.8, 4) is 0 Å². The number of aromatic nitrogens is 5. The Labute approximate surface area is 138 Å². The standard InChI is InChI=1S/C15H16ClN7/c1-10-19-20-14-2-3-15(21-23(10)14)22-8-11(9-22)6-18-13-4-5-17-7-12(13)16/h2-5,7,11H,6,8-9H2,1H3,(H,17,18). The molecule has 0 aliphatic carbocycles. The molecule has 4 heterocycles. The number of aryl methyl sites for hydroxylation is 1. The summed E-state index contributed by atoms with van der Waals surface area (Å²) in [6, 6.07) is 5.83. The Balaban J connectivity index is 1.37. The highest BCUT2D eigenvalue weighted by Gasteiger charge is 2.28. The molecule has 3 aromatic heterocycles. The van der Waals surface area contributed by atoms with Gasteiger partial charge < -0.3 is 10.2 Å². The van der Waals surface area contributed by atoms with Crippen molar-refractivity contribution < 1.29 is 0 Å². The van der Waals surface area contributed by atoms with Gasteiger partial charge in [0.25, 0.3) is 0 Å². The van der Waals surface area contributed by atoms with Gasteiger partial charge in [0, 0.05) is 37.9 Å². The molecule has 1 fully saturated rings. The zero-order valence-electron chi connectivity index (χ0n) is 12.6. The van der Waals surface area contributed by atoms with Gasteiger partial charge in [0.05, 0.1) is 10.7 Å². The first kappa shape index (κ1) is 14.2. The summed E-state index contributed by atoms with van der Waals surface area (Å²) in [6.07, 6.45) is 3.39. The van der Waals surface area contributed by atoms with E-state index in [1.54, 1.807) is 16.9 Å². The summed E-state index contributed by atoms with van der Waals surface area (Å²) in [5.74, 6) is 2.32. The summed E-state index contributed by atoms with van der Waals surface area (Å²) < 4.78 is 1.78. The van der Waals surface area contributed by atoms with E-state index < -0.39 is 0 Å². The minimum absolute atomic E-state index is 0.568. The van der Waals surface area contributed by atoms with Gasteiger partial charge >= 0.3 is 0 Å². The summed E-state index contributed by atoms with van der Waals surface area (Å²) in [7, 11) is 0. The first-order valence-electron chi connectivity index (χ1n) is 7.48. The molecule has 23 heavy (non-hydrogen) atoms. The molecular weight excluding hydrogens is 314 g/mol. The average Bonchev–Trinajstić information content (AvgIpc) is 2.88. The van der Waals surface area contributed by atoms with E-state index in [-0.39, 0.29) is 0 Å². The van der Waals surface area contributed by atoms with Crippen molar-refractivity contribution in [1.82, 2.24) is 24.8 Å². The van der Waals surface area contributed by atoms with Gasteiger partial charge in [0.1, 0.15) is 5.82 Å². The van der Waals surface area contributed by atoms with Crippen molar-refractivity contribution in [2.24, 2.45) is 5.92 Å². The largest absolute Gasteiger partial charge is 0.383 e. The Kier molecular flexibility index (Phi) is 3.49. The van der Waals surface area contributed by atoms with Crippen LogP contribution in [0.4, 0.5) is 11.5 Å². The Morgan fingerprint density at radius 2 is 2.13 bits per heavy atom. The molecule has 1 N–H and O–H groups in total. The lowest BCUT2D eigenvalue weighted by Gasteiger charge is -2.40. The lowest BCUT2D eigenvalue weighted by Crippen LogP contribution is -2.50.